The Balaban J connectivity index is 1.11. The quantitative estimate of drug-likeness (QED) is 0.409. The molecule has 2 aliphatic carbocycles. The number of nitrogens with one attached hydrogen (secondary N) is 3. The molecule has 2 aromatic rings. The third kappa shape index (κ3) is 5.77. The Morgan fingerprint density at radius 3 is 2.55 bits per heavy atom. The number of thiazole rings is 1. The average molecular weight is 596 g/mol. The van der Waals surface area contributed by atoms with Gasteiger partial charge in [0.05, 0.1) is 18.8 Å². The van der Waals surface area contributed by atoms with Crippen molar-refractivity contribution in [3.05, 3.63) is 46.0 Å². The van der Waals surface area contributed by atoms with Gasteiger partial charge in [0.1, 0.15) is 32.7 Å². The Bertz CT molecular complexity index is 1280. The number of likely N-dealkylation sites (N-methyl/N-ethyl adjacent to an activating group) is 1. The molecule has 6 atom stereocenters. The second-order valence-electron chi connectivity index (χ2n) is 14.0. The maximum Gasteiger partial charge on any atom is 0.257 e. The predicted octanol–water partition coefficient (Wildman–Crippen LogP) is 1.62. The van der Waals surface area contributed by atoms with Crippen LogP contribution in [0.25, 0.3) is 0 Å². The molecule has 228 valence electrons. The molecule has 4 aliphatic rings. The molecule has 8 nitrogen and oxygen atoms in total. The molecule has 4 N–H and O–H groups in total. The Morgan fingerprint density at radius 1 is 1.17 bits per heavy atom. The molecule has 2 aliphatic heterocycles. The highest BCUT2D eigenvalue weighted by Crippen LogP contribution is 2.57. The summed E-state index contributed by atoms with van der Waals surface area (Å²) in [6.45, 7) is 14.0. The van der Waals surface area contributed by atoms with E-state index in [9.17, 15) is 14.7 Å². The van der Waals surface area contributed by atoms with Crippen LogP contribution in [0.15, 0.2) is 24.3 Å². The van der Waals surface area contributed by atoms with E-state index in [2.05, 4.69) is 38.3 Å². The van der Waals surface area contributed by atoms with Crippen LogP contribution in [0.4, 0.5) is 5.13 Å². The van der Waals surface area contributed by atoms with Gasteiger partial charge in [-0.1, -0.05) is 32.9 Å². The number of benzene rings is 1. The summed E-state index contributed by atoms with van der Waals surface area (Å²) < 4.78 is 0. The zero-order chi connectivity index (χ0) is 29.6. The van der Waals surface area contributed by atoms with Crippen molar-refractivity contribution in [2.45, 2.75) is 71.4 Å². The fraction of sp³-hybridized carbons (Fsp3) is 0.667. The molecule has 1 aromatic heterocycles. The van der Waals surface area contributed by atoms with Gasteiger partial charge in [0.2, 0.25) is 5.91 Å². The number of hydrogen-bond donors (Lipinski definition) is 4. The number of piperazine rings is 1. The summed E-state index contributed by atoms with van der Waals surface area (Å²) in [5, 5.41) is 15.5. The maximum absolute atomic E-state index is 13.2. The lowest BCUT2D eigenvalue weighted by Gasteiger charge is -2.53. The number of aromatic nitrogens is 1. The smallest absolute Gasteiger partial charge is 0.257 e. The number of fused-ring (bicyclic) bond motifs is 2. The number of hydrogen-bond acceptors (Lipinski definition) is 5. The van der Waals surface area contributed by atoms with Crippen LogP contribution in [0.3, 0.4) is 0 Å². The summed E-state index contributed by atoms with van der Waals surface area (Å²) in [5.74, 6) is -0.0202. The third-order valence-electron chi connectivity index (χ3n) is 11.1. The van der Waals surface area contributed by atoms with Gasteiger partial charge in [0.15, 0.2) is 5.13 Å². The van der Waals surface area contributed by atoms with Crippen LogP contribution in [-0.4, -0.2) is 79.2 Å². The molecule has 2 amide bonds. The van der Waals surface area contributed by atoms with Crippen LogP contribution in [0.2, 0.25) is 0 Å². The molecule has 0 unspecified atom stereocenters. The van der Waals surface area contributed by atoms with Gasteiger partial charge in [-0.2, -0.15) is 0 Å². The molecule has 9 heteroatoms. The van der Waals surface area contributed by atoms with Crippen LogP contribution < -0.4 is 15.1 Å². The van der Waals surface area contributed by atoms with E-state index in [0.29, 0.717) is 10.7 Å². The van der Waals surface area contributed by atoms with Crippen molar-refractivity contribution in [2.24, 2.45) is 23.2 Å². The number of carbonyl (C=O) groups excluding carboxylic acids is 2. The second-order valence-corrected chi connectivity index (χ2v) is 15.1. The minimum absolute atomic E-state index is 0.0279. The van der Waals surface area contributed by atoms with Crippen LogP contribution in [-0.2, 0) is 17.8 Å². The van der Waals surface area contributed by atoms with E-state index in [0.717, 1.165) is 57.4 Å². The Kier molecular flexibility index (Phi) is 8.48. The molecule has 3 fully saturated rings. The zero-order valence-electron chi connectivity index (χ0n) is 25.7. The van der Waals surface area contributed by atoms with Crippen molar-refractivity contribution in [2.75, 3.05) is 51.6 Å². The number of rotatable bonds is 6. The predicted molar refractivity (Wildman–Crippen MR) is 165 cm³/mol. The monoisotopic (exact) mass is 595 g/mol. The molecule has 42 heavy (non-hydrogen) atoms. The fourth-order valence-corrected chi connectivity index (χ4v) is 9.71. The van der Waals surface area contributed by atoms with Crippen LogP contribution >= 0.6 is 11.3 Å². The number of aliphatic hydroxyl groups excluding tert-OH is 1. The highest BCUT2D eigenvalue weighted by atomic mass is 32.1. The second kappa shape index (κ2) is 12.0. The molecule has 6 rings (SSSR count). The van der Waals surface area contributed by atoms with Crippen molar-refractivity contribution in [3.63, 3.8) is 0 Å². The maximum atomic E-state index is 13.2. The van der Waals surface area contributed by atoms with E-state index in [1.165, 1.54) is 36.6 Å². The van der Waals surface area contributed by atoms with E-state index in [4.69, 9.17) is 4.98 Å². The third-order valence-corrected chi connectivity index (χ3v) is 12.1. The van der Waals surface area contributed by atoms with Crippen molar-refractivity contribution in [1.82, 2.24) is 9.88 Å². The van der Waals surface area contributed by atoms with E-state index >= 15 is 0 Å². The first kappa shape index (κ1) is 29.7. The highest BCUT2D eigenvalue weighted by molar-refractivity contribution is 7.15. The fourth-order valence-electron chi connectivity index (χ4n) is 8.45. The van der Waals surface area contributed by atoms with Crippen LogP contribution in [0.1, 0.15) is 78.9 Å². The largest absolute Gasteiger partial charge is 0.392 e. The molecule has 0 bridgehead atoms. The van der Waals surface area contributed by atoms with Crippen LogP contribution in [0, 0.1) is 23.2 Å². The molecule has 3 heterocycles. The first-order chi connectivity index (χ1) is 20.1. The van der Waals surface area contributed by atoms with E-state index in [1.807, 2.05) is 24.0 Å². The summed E-state index contributed by atoms with van der Waals surface area (Å²) in [6, 6.07) is 8.03. The summed E-state index contributed by atoms with van der Waals surface area (Å²) in [5.41, 5.74) is 2.87. The standard InChI is InChI=1S/C33H47N5O3S/c1-21(31(41)38-13-5-6-14-38)25-11-12-33(3)19-26-28(22(2)27(33)29(25)39)34-32(42-26)35-30(40)24-9-7-23(8-10-24)20-37-17-15-36(4)16-18-37/h7-10,21-22,25,27,29,39H,5-6,11-20H2,1-4H3,(H,34,35,40)/p+2/t21-,22-,25+,27+,29-,33-/m0/s1. The minimum atomic E-state index is -0.541. The number of carbonyl (C=O) groups is 2. The van der Waals surface area contributed by atoms with Gasteiger partial charge in [0, 0.05) is 40.9 Å². The molecule has 2 saturated heterocycles. The number of likely N-dealkylation sites (tertiary alicyclic amines) is 1. The van der Waals surface area contributed by atoms with Gasteiger partial charge in [-0.05, 0) is 61.5 Å². The normalized spacial score (nSPS) is 33.5. The van der Waals surface area contributed by atoms with Gasteiger partial charge >= 0.3 is 0 Å². The van der Waals surface area contributed by atoms with Crippen molar-refractivity contribution < 1.29 is 24.5 Å². The molecule has 0 spiro atoms. The average Bonchev–Trinajstić information content (AvgIpc) is 3.64. The number of anilines is 1. The molecule has 1 saturated carbocycles. The first-order valence-electron chi connectivity index (χ1n) is 16.1. The lowest BCUT2D eigenvalue weighted by molar-refractivity contribution is -1.01. The first-order valence-corrected chi connectivity index (χ1v) is 17.0. The van der Waals surface area contributed by atoms with Crippen LogP contribution in [0.5, 0.6) is 0 Å². The van der Waals surface area contributed by atoms with E-state index in [1.54, 1.807) is 21.1 Å². The zero-order valence-corrected chi connectivity index (χ0v) is 26.6. The molecule has 1 aromatic carbocycles. The summed E-state index contributed by atoms with van der Waals surface area (Å²) in [6.07, 6.45) is 4.34. The molecular weight excluding hydrogens is 546 g/mol. The van der Waals surface area contributed by atoms with Crippen molar-refractivity contribution in [1.29, 1.82) is 0 Å². The highest BCUT2D eigenvalue weighted by Gasteiger charge is 2.54. The van der Waals surface area contributed by atoms with Crippen molar-refractivity contribution in [3.8, 4) is 0 Å². The lowest BCUT2D eigenvalue weighted by Crippen LogP contribution is -3.26. The number of aliphatic hydroxyl groups is 1. The number of amides is 2. The van der Waals surface area contributed by atoms with Crippen molar-refractivity contribution >= 4 is 28.3 Å². The Hall–Kier alpha value is -2.33. The molecule has 0 radical (unpaired) electrons. The van der Waals surface area contributed by atoms with Gasteiger partial charge in [0.25, 0.3) is 5.91 Å². The van der Waals surface area contributed by atoms with Gasteiger partial charge < -0.3 is 19.8 Å². The van der Waals surface area contributed by atoms with Gasteiger partial charge in [-0.25, -0.2) is 4.98 Å². The SMILES string of the molecule is C[C@H](C(=O)N1CCCC1)[C@H]1CC[C@@]2(C)Cc3sc(NC(=O)c4ccc(C[NH+]5CC[NH+](C)CC5)cc4)nc3[C@@H](C)[C@@H]2[C@H]1O. The van der Waals surface area contributed by atoms with Gasteiger partial charge in [-0.15, -0.1) is 11.3 Å². The summed E-state index contributed by atoms with van der Waals surface area (Å²) in [4.78, 5) is 37.7. The van der Waals surface area contributed by atoms with E-state index in [-0.39, 0.29) is 40.9 Å². The molecular formula is C33H49N5O3S+2. The van der Waals surface area contributed by atoms with Gasteiger partial charge in [-0.3, -0.25) is 14.9 Å². The number of nitrogens with zero attached hydrogens (tertiary/aromatic N) is 2. The summed E-state index contributed by atoms with van der Waals surface area (Å²) in [7, 11) is 2.26. The lowest BCUT2D eigenvalue weighted by atomic mass is 9.53. The Labute approximate surface area is 254 Å². The topological polar surface area (TPSA) is 91.4 Å². The number of quaternary nitrogens is 2. The summed E-state index contributed by atoms with van der Waals surface area (Å²) >= 11 is 1.58. The Morgan fingerprint density at radius 2 is 1.86 bits per heavy atom. The van der Waals surface area contributed by atoms with E-state index < -0.39 is 6.10 Å². The minimum Gasteiger partial charge on any atom is -0.392 e.